The molecule has 6 nitrogen and oxygen atoms in total. The van der Waals surface area contributed by atoms with Crippen LogP contribution < -0.4 is 21.0 Å². The highest BCUT2D eigenvalue weighted by molar-refractivity contribution is 6.51. The Morgan fingerprint density at radius 3 is 2.56 bits per heavy atom. The van der Waals surface area contributed by atoms with Gasteiger partial charge in [0, 0.05) is 17.6 Å². The fourth-order valence-corrected chi connectivity index (χ4v) is 3.35. The van der Waals surface area contributed by atoms with Crippen LogP contribution in [0.5, 0.6) is 0 Å². The Hall–Kier alpha value is -3.38. The van der Waals surface area contributed by atoms with Crippen molar-refractivity contribution in [2.24, 2.45) is 0 Å². The molecule has 7 heteroatoms. The predicted octanol–water partition coefficient (Wildman–Crippen LogP) is 1.20. The number of nitrogens with zero attached hydrogens (tertiary/aromatic N) is 1. The number of Topliss-reactive ketones (excluding diaryl/α,β-unsaturated/α-hetero) is 1. The number of anilines is 1. The van der Waals surface area contributed by atoms with Crippen LogP contribution in [0.4, 0.5) is 5.69 Å². The third-order valence-corrected chi connectivity index (χ3v) is 4.72. The summed E-state index contributed by atoms with van der Waals surface area (Å²) >= 11 is 6.00. The predicted molar refractivity (Wildman–Crippen MR) is 103 cm³/mol. The lowest BCUT2D eigenvalue weighted by atomic mass is 9.95. The lowest BCUT2D eigenvalue weighted by Crippen LogP contribution is -2.44. The van der Waals surface area contributed by atoms with Gasteiger partial charge >= 0.3 is 0 Å². The van der Waals surface area contributed by atoms with E-state index in [9.17, 15) is 14.4 Å². The molecule has 2 aromatic carbocycles. The van der Waals surface area contributed by atoms with E-state index in [0.29, 0.717) is 21.8 Å². The van der Waals surface area contributed by atoms with Crippen molar-refractivity contribution < 1.29 is 9.59 Å². The Morgan fingerprint density at radius 2 is 1.78 bits per heavy atom. The molecule has 2 heterocycles. The Bertz CT molecular complexity index is 1270. The molecule has 1 aliphatic heterocycles. The summed E-state index contributed by atoms with van der Waals surface area (Å²) in [6.45, 7) is 0. The van der Waals surface area contributed by atoms with Crippen LogP contribution >= 0.6 is 11.6 Å². The smallest absolute Gasteiger partial charge is 0.271 e. The number of amides is 1. The van der Waals surface area contributed by atoms with E-state index in [0.717, 1.165) is 0 Å². The topological polar surface area (TPSA) is 86.0 Å². The van der Waals surface area contributed by atoms with Gasteiger partial charge in [0.25, 0.3) is 11.5 Å². The third kappa shape index (κ3) is 2.80. The number of ketones is 1. The quantitative estimate of drug-likeness (QED) is 0.666. The van der Waals surface area contributed by atoms with E-state index >= 15 is 0 Å². The molecule has 0 spiro atoms. The van der Waals surface area contributed by atoms with E-state index in [1.165, 1.54) is 4.90 Å². The molecule has 0 atom stereocenters. The first kappa shape index (κ1) is 17.1. The molecule has 27 heavy (non-hydrogen) atoms. The minimum Gasteiger partial charge on any atom is -0.310 e. The zero-order valence-electron chi connectivity index (χ0n) is 14.2. The van der Waals surface area contributed by atoms with Gasteiger partial charge in [-0.2, -0.15) is 0 Å². The van der Waals surface area contributed by atoms with Gasteiger partial charge in [0.05, 0.1) is 16.3 Å². The summed E-state index contributed by atoms with van der Waals surface area (Å²) in [5.41, 5.74) is 1.11. The molecule has 0 unspecified atom stereocenters. The van der Waals surface area contributed by atoms with Crippen molar-refractivity contribution in [3.8, 4) is 0 Å². The van der Waals surface area contributed by atoms with Crippen molar-refractivity contribution >= 4 is 40.6 Å². The number of aromatic amines is 2. The zero-order valence-corrected chi connectivity index (χ0v) is 15.0. The number of halogens is 1. The van der Waals surface area contributed by atoms with Gasteiger partial charge in [0.1, 0.15) is 5.57 Å². The van der Waals surface area contributed by atoms with Crippen LogP contribution in [0.2, 0.25) is 5.02 Å². The molecule has 0 saturated carbocycles. The Labute approximate surface area is 158 Å². The second kappa shape index (κ2) is 6.41. The van der Waals surface area contributed by atoms with E-state index in [4.69, 9.17) is 11.6 Å². The second-order valence-corrected chi connectivity index (χ2v) is 6.59. The van der Waals surface area contributed by atoms with Crippen LogP contribution in [0.15, 0.2) is 53.3 Å². The Morgan fingerprint density at radius 1 is 1.00 bits per heavy atom. The number of carbonyl (C=O) groups is 2. The molecule has 1 aromatic heterocycles. The summed E-state index contributed by atoms with van der Waals surface area (Å²) < 4.78 is 0. The number of rotatable bonds is 1. The molecule has 0 bridgehead atoms. The maximum atomic E-state index is 13.0. The number of fused-ring (bicyclic) bond motifs is 1. The maximum Gasteiger partial charge on any atom is 0.271 e. The monoisotopic (exact) mass is 379 g/mol. The number of para-hydroxylation sites is 1. The summed E-state index contributed by atoms with van der Waals surface area (Å²) in [5, 5.41) is 6.02. The summed E-state index contributed by atoms with van der Waals surface area (Å²) in [5.74, 6) is -0.903. The fourth-order valence-electron chi connectivity index (χ4n) is 3.15. The average molecular weight is 380 g/mol. The molecule has 1 amide bonds. The number of benzene rings is 2. The first-order valence-electron chi connectivity index (χ1n) is 8.17. The number of hydrogen-bond donors (Lipinski definition) is 2. The van der Waals surface area contributed by atoms with Crippen molar-refractivity contribution in [3.63, 3.8) is 0 Å². The minimum absolute atomic E-state index is 0.0807. The third-order valence-electron chi connectivity index (χ3n) is 4.48. The molecule has 4 rings (SSSR count). The van der Waals surface area contributed by atoms with Crippen LogP contribution in [0, 0.1) is 0 Å². The average Bonchev–Trinajstić information content (AvgIpc) is 3.01. The van der Waals surface area contributed by atoms with E-state index in [1.807, 2.05) is 0 Å². The number of aromatic nitrogens is 2. The minimum atomic E-state index is -0.477. The molecule has 0 aliphatic carbocycles. The Kier molecular flexibility index (Phi) is 4.05. The summed E-state index contributed by atoms with van der Waals surface area (Å²) in [4.78, 5) is 39.6. The van der Waals surface area contributed by atoms with Gasteiger partial charge in [-0.1, -0.05) is 35.9 Å². The van der Waals surface area contributed by atoms with Gasteiger partial charge in [-0.05, 0) is 35.9 Å². The van der Waals surface area contributed by atoms with Gasteiger partial charge in [0.15, 0.2) is 0 Å². The molecular formula is C20H14ClN3O3. The highest BCUT2D eigenvalue weighted by atomic mass is 35.5. The van der Waals surface area contributed by atoms with Gasteiger partial charge in [-0.3, -0.25) is 24.6 Å². The number of carbonyl (C=O) groups excluding carboxylic acids is 2. The van der Waals surface area contributed by atoms with Crippen LogP contribution in [0.25, 0.3) is 11.6 Å². The highest BCUT2D eigenvalue weighted by Gasteiger charge is 2.33. The number of H-pyrrole nitrogens is 2. The van der Waals surface area contributed by atoms with Gasteiger partial charge in [-0.25, -0.2) is 0 Å². The van der Waals surface area contributed by atoms with Gasteiger partial charge < -0.3 is 4.90 Å². The maximum absolute atomic E-state index is 13.0. The normalized spacial score (nSPS) is 16.7. The molecule has 1 aliphatic rings. The van der Waals surface area contributed by atoms with E-state index < -0.39 is 17.2 Å². The second-order valence-electron chi connectivity index (χ2n) is 6.15. The van der Waals surface area contributed by atoms with Crippen molar-refractivity contribution in [2.75, 3.05) is 11.9 Å². The molecule has 0 saturated heterocycles. The summed E-state index contributed by atoms with van der Waals surface area (Å²) in [6, 6.07) is 13.8. The van der Waals surface area contributed by atoms with Gasteiger partial charge in [-0.15, -0.1) is 0 Å². The first-order chi connectivity index (χ1) is 13.0. The molecule has 3 aromatic rings. The van der Waals surface area contributed by atoms with Crippen LogP contribution in [0.3, 0.4) is 0 Å². The van der Waals surface area contributed by atoms with Crippen molar-refractivity contribution in [1.82, 2.24) is 10.2 Å². The van der Waals surface area contributed by atoms with Crippen LogP contribution in [0.1, 0.15) is 15.9 Å². The summed E-state index contributed by atoms with van der Waals surface area (Å²) in [7, 11) is 1.60. The van der Waals surface area contributed by atoms with Gasteiger partial charge in [0.2, 0.25) is 5.78 Å². The first-order valence-corrected chi connectivity index (χ1v) is 8.55. The fraction of sp³-hybridized carbons (Fsp3) is 0.0500. The summed E-state index contributed by atoms with van der Waals surface area (Å²) in [6.07, 6.45) is 1.59. The molecule has 0 radical (unpaired) electrons. The van der Waals surface area contributed by atoms with Crippen LogP contribution in [-0.4, -0.2) is 28.9 Å². The van der Waals surface area contributed by atoms with E-state index in [-0.39, 0.29) is 16.1 Å². The van der Waals surface area contributed by atoms with Crippen molar-refractivity contribution in [3.05, 3.63) is 85.6 Å². The van der Waals surface area contributed by atoms with Crippen LogP contribution in [-0.2, 0) is 4.79 Å². The lowest BCUT2D eigenvalue weighted by Gasteiger charge is -2.25. The van der Waals surface area contributed by atoms with Crippen molar-refractivity contribution in [2.45, 2.75) is 0 Å². The molecule has 0 fully saturated rings. The zero-order chi connectivity index (χ0) is 19.1. The van der Waals surface area contributed by atoms with E-state index in [2.05, 4.69) is 10.2 Å². The Balaban J connectivity index is 2.05. The largest absolute Gasteiger partial charge is 0.310 e. The molecule has 134 valence electrons. The number of nitrogens with one attached hydrogen (secondary N) is 2. The number of hydrogen-bond acceptors (Lipinski definition) is 3. The van der Waals surface area contributed by atoms with E-state index in [1.54, 1.807) is 61.7 Å². The molecular weight excluding hydrogens is 366 g/mol. The lowest BCUT2D eigenvalue weighted by molar-refractivity contribution is -0.113. The van der Waals surface area contributed by atoms with Crippen molar-refractivity contribution in [1.29, 1.82) is 0 Å². The highest BCUT2D eigenvalue weighted by Crippen LogP contribution is 2.28. The SMILES string of the molecule is CN1C(=O)C(=c2[nH][nH]c(=O)/c2=C/c2cccc(Cl)c2)C(=O)c2ccccc21. The standard InChI is InChI=1S/C20H14ClN3O3/c1-24-15-8-3-2-7-13(15)18(25)16(20(24)27)17-14(19(26)23-22-17)10-11-5-4-6-12(21)9-11/h2-10,22H,1H3,(H,23,26)/b14-10+,17-16?. The molecule has 2 N–H and O–H groups in total.